The second-order valence-corrected chi connectivity index (χ2v) is 4.75. The predicted molar refractivity (Wildman–Crippen MR) is 78.9 cm³/mol. The minimum absolute atomic E-state index is 0.0907. The zero-order valence-corrected chi connectivity index (χ0v) is 11.7. The number of benzene rings is 1. The van der Waals surface area contributed by atoms with Crippen molar-refractivity contribution in [3.05, 3.63) is 70.0 Å². The zero-order valence-electron chi connectivity index (χ0n) is 11.7. The molecular weight excluding hydrogens is 284 g/mol. The number of rotatable bonds is 3. The first kappa shape index (κ1) is 13.9. The van der Waals surface area contributed by atoms with E-state index in [1.54, 1.807) is 19.1 Å². The van der Waals surface area contributed by atoms with Gasteiger partial charge in [-0.15, -0.1) is 0 Å². The molecule has 0 unspecified atom stereocenters. The molecule has 0 aliphatic heterocycles. The van der Waals surface area contributed by atoms with Crippen molar-refractivity contribution in [2.24, 2.45) is 0 Å². The van der Waals surface area contributed by atoms with Gasteiger partial charge in [0.15, 0.2) is 5.76 Å². The van der Waals surface area contributed by atoms with E-state index in [1.165, 1.54) is 24.3 Å². The average Bonchev–Trinajstić information content (AvgIpc) is 2.88. The van der Waals surface area contributed by atoms with E-state index in [0.29, 0.717) is 11.3 Å². The summed E-state index contributed by atoms with van der Waals surface area (Å²) >= 11 is 0. The molecule has 0 saturated heterocycles. The van der Waals surface area contributed by atoms with Crippen LogP contribution in [0.4, 0.5) is 0 Å². The Morgan fingerprint density at radius 3 is 2.68 bits per heavy atom. The molecule has 0 amide bonds. The third-order valence-corrected chi connectivity index (χ3v) is 3.39. The summed E-state index contributed by atoms with van der Waals surface area (Å²) in [5, 5.41) is 12.6. The number of para-hydroxylation sites is 1. The van der Waals surface area contributed by atoms with Gasteiger partial charge in [-0.1, -0.05) is 36.6 Å². The van der Waals surface area contributed by atoms with E-state index in [0.717, 1.165) is 0 Å². The molecule has 0 bridgehead atoms. The second-order valence-electron chi connectivity index (χ2n) is 4.75. The number of aryl methyl sites for hydroxylation is 1. The highest BCUT2D eigenvalue weighted by molar-refractivity contribution is 6.11. The van der Waals surface area contributed by atoms with Crippen molar-refractivity contribution in [3.63, 3.8) is 0 Å². The molecule has 3 rings (SSSR count). The normalized spacial score (nSPS) is 10.8. The first-order valence-corrected chi connectivity index (χ1v) is 6.53. The van der Waals surface area contributed by atoms with Gasteiger partial charge in [-0.05, 0) is 19.1 Å². The number of fused-ring (bicyclic) bond motifs is 1. The monoisotopic (exact) mass is 295 g/mol. The highest BCUT2D eigenvalue weighted by Crippen LogP contribution is 2.26. The Morgan fingerprint density at radius 2 is 2.00 bits per heavy atom. The van der Waals surface area contributed by atoms with Crippen LogP contribution in [0.15, 0.2) is 50.5 Å². The van der Waals surface area contributed by atoms with Crippen LogP contribution in [-0.4, -0.2) is 5.78 Å². The van der Waals surface area contributed by atoms with Gasteiger partial charge in [0, 0.05) is 10.9 Å². The smallest absolute Gasteiger partial charge is 0.347 e. The first-order chi connectivity index (χ1) is 10.5. The number of hydrogen-bond donors (Lipinski definition) is 0. The molecule has 2 aromatic heterocycles. The summed E-state index contributed by atoms with van der Waals surface area (Å²) in [6.07, 6.45) is 1.52. The molecule has 1 aromatic carbocycles. The molecular formula is C17H11O5-. The molecule has 110 valence electrons. The number of carbonyl (C=O) groups excluding carboxylic acids is 1. The van der Waals surface area contributed by atoms with Crippen LogP contribution in [0.2, 0.25) is 0 Å². The van der Waals surface area contributed by atoms with Gasteiger partial charge in [0.25, 0.3) is 0 Å². The lowest BCUT2D eigenvalue weighted by atomic mass is 10.1. The Labute approximate surface area is 125 Å². The van der Waals surface area contributed by atoms with Gasteiger partial charge < -0.3 is 13.9 Å². The number of hydrogen-bond acceptors (Lipinski definition) is 5. The van der Waals surface area contributed by atoms with Crippen LogP contribution >= 0.6 is 0 Å². The van der Waals surface area contributed by atoms with E-state index in [4.69, 9.17) is 8.83 Å². The Bertz CT molecular complexity index is 959. The van der Waals surface area contributed by atoms with Crippen molar-refractivity contribution < 1.29 is 18.7 Å². The molecule has 0 aliphatic rings. The highest BCUT2D eigenvalue weighted by Gasteiger charge is 2.21. The van der Waals surface area contributed by atoms with E-state index in [2.05, 4.69) is 6.58 Å². The van der Waals surface area contributed by atoms with Crippen molar-refractivity contribution in [1.29, 1.82) is 0 Å². The maximum Gasteiger partial charge on any atom is 0.347 e. The molecule has 5 nitrogen and oxygen atoms in total. The fraction of sp³-hybridized carbons (Fsp3) is 0.0588. The van der Waals surface area contributed by atoms with E-state index >= 15 is 0 Å². The SMILES string of the molecule is C=Cc1cc(C(=O)c2c([O-])c3ccccc3oc2=O)oc1C. The van der Waals surface area contributed by atoms with Crippen LogP contribution in [0, 0.1) is 6.92 Å². The van der Waals surface area contributed by atoms with E-state index in [-0.39, 0.29) is 16.7 Å². The van der Waals surface area contributed by atoms with Crippen molar-refractivity contribution in [1.82, 2.24) is 0 Å². The largest absolute Gasteiger partial charge is 0.871 e. The molecule has 0 radical (unpaired) electrons. The van der Waals surface area contributed by atoms with Crippen molar-refractivity contribution >= 4 is 22.8 Å². The standard InChI is InChI=1S/C17H12O5/c1-3-10-8-13(21-9(10)2)16(19)14-15(18)11-6-4-5-7-12(11)22-17(14)20/h3-8,18H,1H2,2H3/p-1. The Hall–Kier alpha value is -3.08. The van der Waals surface area contributed by atoms with Gasteiger partial charge in [-0.3, -0.25) is 4.79 Å². The van der Waals surface area contributed by atoms with Crippen molar-refractivity contribution in [3.8, 4) is 5.75 Å². The summed E-state index contributed by atoms with van der Waals surface area (Å²) in [5.74, 6) is -1.06. The summed E-state index contributed by atoms with van der Waals surface area (Å²) in [7, 11) is 0. The first-order valence-electron chi connectivity index (χ1n) is 6.53. The third-order valence-electron chi connectivity index (χ3n) is 3.39. The molecule has 0 atom stereocenters. The van der Waals surface area contributed by atoms with Gasteiger partial charge in [-0.2, -0.15) is 0 Å². The fourth-order valence-corrected chi connectivity index (χ4v) is 2.25. The van der Waals surface area contributed by atoms with Crippen LogP contribution in [-0.2, 0) is 0 Å². The minimum Gasteiger partial charge on any atom is -0.871 e. The third kappa shape index (κ3) is 2.03. The summed E-state index contributed by atoms with van der Waals surface area (Å²) in [6.45, 7) is 5.26. The lowest BCUT2D eigenvalue weighted by Gasteiger charge is -2.12. The van der Waals surface area contributed by atoms with Gasteiger partial charge in [0.05, 0.1) is 0 Å². The van der Waals surface area contributed by atoms with E-state index in [1.807, 2.05) is 0 Å². The van der Waals surface area contributed by atoms with Gasteiger partial charge in [-0.25, -0.2) is 4.79 Å². The van der Waals surface area contributed by atoms with Gasteiger partial charge in [0.2, 0.25) is 5.78 Å². The average molecular weight is 295 g/mol. The molecule has 0 aliphatic carbocycles. The topological polar surface area (TPSA) is 83.5 Å². The van der Waals surface area contributed by atoms with Crippen LogP contribution in [0.25, 0.3) is 17.0 Å². The number of furan rings is 1. The van der Waals surface area contributed by atoms with E-state index in [9.17, 15) is 14.7 Å². The summed E-state index contributed by atoms with van der Waals surface area (Å²) < 4.78 is 10.3. The number of ketones is 1. The molecule has 0 fully saturated rings. The fourth-order valence-electron chi connectivity index (χ4n) is 2.25. The summed E-state index contributed by atoms with van der Waals surface area (Å²) in [6, 6.07) is 7.71. The number of carbonyl (C=O) groups is 1. The van der Waals surface area contributed by atoms with Crippen LogP contribution in [0.1, 0.15) is 27.4 Å². The second kappa shape index (κ2) is 5.04. The van der Waals surface area contributed by atoms with Crippen molar-refractivity contribution in [2.45, 2.75) is 6.92 Å². The highest BCUT2D eigenvalue weighted by atomic mass is 16.4. The van der Waals surface area contributed by atoms with Gasteiger partial charge >= 0.3 is 5.63 Å². The van der Waals surface area contributed by atoms with Crippen molar-refractivity contribution in [2.75, 3.05) is 0 Å². The Morgan fingerprint density at radius 1 is 1.27 bits per heavy atom. The Balaban J connectivity index is 2.22. The maximum atomic E-state index is 12.4. The zero-order chi connectivity index (χ0) is 15.9. The molecule has 3 aromatic rings. The summed E-state index contributed by atoms with van der Waals surface area (Å²) in [4.78, 5) is 24.4. The van der Waals surface area contributed by atoms with Crippen LogP contribution in [0.3, 0.4) is 0 Å². The molecule has 0 N–H and O–H groups in total. The Kier molecular flexibility index (Phi) is 3.18. The molecule has 5 heteroatoms. The van der Waals surface area contributed by atoms with Crippen LogP contribution < -0.4 is 10.7 Å². The molecule has 0 saturated carbocycles. The predicted octanol–water partition coefficient (Wildman–Crippen LogP) is 2.64. The molecule has 2 heterocycles. The molecule has 22 heavy (non-hydrogen) atoms. The minimum atomic E-state index is -0.970. The van der Waals surface area contributed by atoms with Crippen LogP contribution in [0.5, 0.6) is 5.75 Å². The lowest BCUT2D eigenvalue weighted by molar-refractivity contribution is -0.266. The maximum absolute atomic E-state index is 12.4. The lowest BCUT2D eigenvalue weighted by Crippen LogP contribution is -2.18. The molecule has 0 spiro atoms. The van der Waals surface area contributed by atoms with E-state index < -0.39 is 22.7 Å². The van der Waals surface area contributed by atoms with Gasteiger partial charge in [0.1, 0.15) is 16.9 Å². The summed E-state index contributed by atoms with van der Waals surface area (Å²) in [5.41, 5.74) is -0.747. The quantitative estimate of drug-likeness (QED) is 0.548.